The van der Waals surface area contributed by atoms with Gasteiger partial charge in [0.2, 0.25) is 11.8 Å². The fraction of sp³-hybridized carbons (Fsp3) is 0.0909. The van der Waals surface area contributed by atoms with E-state index in [4.69, 9.17) is 10.5 Å². The molecule has 0 atom stereocenters. The normalized spacial score (nSPS) is 10.4. The Kier molecular flexibility index (Phi) is 3.05. The van der Waals surface area contributed by atoms with Gasteiger partial charge in [0, 0.05) is 11.6 Å². The first kappa shape index (κ1) is 12.2. The van der Waals surface area contributed by atoms with Crippen molar-refractivity contribution >= 4 is 5.95 Å². The van der Waals surface area contributed by atoms with Gasteiger partial charge in [0.15, 0.2) is 17.5 Å². The number of methoxy groups -OCH3 is 1. The molecular weight excluding hydrogens is 247 g/mol. The summed E-state index contributed by atoms with van der Waals surface area (Å²) in [6.45, 7) is 0. The van der Waals surface area contributed by atoms with Gasteiger partial charge < -0.3 is 10.5 Å². The van der Waals surface area contributed by atoms with Gasteiger partial charge in [-0.1, -0.05) is 0 Å². The van der Waals surface area contributed by atoms with Crippen molar-refractivity contribution in [2.75, 3.05) is 12.8 Å². The van der Waals surface area contributed by atoms with Crippen LogP contribution in [0.5, 0.6) is 5.88 Å². The van der Waals surface area contributed by atoms with Crippen LogP contribution in [0.1, 0.15) is 0 Å². The maximum atomic E-state index is 13.6. The molecule has 7 heteroatoms. The van der Waals surface area contributed by atoms with E-state index in [9.17, 15) is 13.2 Å². The number of benzene rings is 1. The van der Waals surface area contributed by atoms with E-state index >= 15 is 0 Å². The fourth-order valence-corrected chi connectivity index (χ4v) is 1.41. The Morgan fingerprint density at radius 1 is 1.11 bits per heavy atom. The number of nitrogen functional groups attached to an aromatic ring is 1. The molecule has 0 unspecified atom stereocenters. The molecule has 0 radical (unpaired) electrons. The van der Waals surface area contributed by atoms with Crippen molar-refractivity contribution in [3.63, 3.8) is 0 Å². The second kappa shape index (κ2) is 4.52. The van der Waals surface area contributed by atoms with Gasteiger partial charge in [0.05, 0.1) is 12.8 Å². The molecule has 94 valence electrons. The molecule has 1 aromatic carbocycles. The summed E-state index contributed by atoms with van der Waals surface area (Å²) < 4.78 is 44.3. The first-order valence-corrected chi connectivity index (χ1v) is 4.85. The number of rotatable bonds is 2. The molecule has 0 saturated carbocycles. The predicted octanol–water partition coefficient (Wildman–Crippen LogP) is 2.15. The average Bonchev–Trinajstić information content (AvgIpc) is 2.35. The van der Waals surface area contributed by atoms with Crippen molar-refractivity contribution in [1.82, 2.24) is 9.97 Å². The highest BCUT2D eigenvalue weighted by molar-refractivity contribution is 5.62. The second-order valence-corrected chi connectivity index (χ2v) is 3.38. The van der Waals surface area contributed by atoms with Crippen LogP contribution in [0, 0.1) is 17.5 Å². The van der Waals surface area contributed by atoms with Crippen LogP contribution in [0.3, 0.4) is 0 Å². The van der Waals surface area contributed by atoms with E-state index in [1.165, 1.54) is 13.2 Å². The molecule has 4 nitrogen and oxygen atoms in total. The van der Waals surface area contributed by atoms with Gasteiger partial charge in [-0.25, -0.2) is 18.2 Å². The quantitative estimate of drug-likeness (QED) is 0.835. The molecule has 2 aromatic rings. The largest absolute Gasteiger partial charge is 0.481 e. The number of nitrogens with two attached hydrogens (primary N) is 1. The minimum absolute atomic E-state index is 0.00995. The maximum Gasteiger partial charge on any atom is 0.223 e. The molecule has 0 aliphatic rings. The minimum atomic E-state index is -1.57. The molecule has 1 heterocycles. The third-order valence-electron chi connectivity index (χ3n) is 2.24. The number of ether oxygens (including phenoxy) is 1. The van der Waals surface area contributed by atoms with E-state index in [0.29, 0.717) is 0 Å². The minimum Gasteiger partial charge on any atom is -0.481 e. The summed E-state index contributed by atoms with van der Waals surface area (Å²) in [5.74, 6) is -4.24. The Morgan fingerprint density at radius 3 is 2.50 bits per heavy atom. The molecule has 1 aromatic heterocycles. The molecule has 0 bridgehead atoms. The number of hydrogen-bond acceptors (Lipinski definition) is 4. The van der Waals surface area contributed by atoms with E-state index in [1.807, 2.05) is 0 Å². The Bertz CT molecular complexity index is 604. The molecule has 0 aliphatic heterocycles. The zero-order valence-electron chi connectivity index (χ0n) is 9.25. The number of aromatic nitrogens is 2. The predicted molar refractivity (Wildman–Crippen MR) is 58.3 cm³/mol. The van der Waals surface area contributed by atoms with E-state index in [-0.39, 0.29) is 23.1 Å². The van der Waals surface area contributed by atoms with Gasteiger partial charge in [0.25, 0.3) is 0 Å². The van der Waals surface area contributed by atoms with Crippen LogP contribution < -0.4 is 10.5 Å². The average molecular weight is 255 g/mol. The molecule has 0 aliphatic carbocycles. The lowest BCUT2D eigenvalue weighted by molar-refractivity contribution is 0.398. The molecule has 0 fully saturated rings. The van der Waals surface area contributed by atoms with Crippen LogP contribution in [-0.4, -0.2) is 17.1 Å². The molecule has 0 spiro atoms. The maximum absolute atomic E-state index is 13.6. The second-order valence-electron chi connectivity index (χ2n) is 3.38. The third kappa shape index (κ3) is 2.06. The van der Waals surface area contributed by atoms with Gasteiger partial charge in [-0.15, -0.1) is 0 Å². The summed E-state index contributed by atoms with van der Waals surface area (Å²) in [6, 6.07) is 3.14. The monoisotopic (exact) mass is 255 g/mol. The van der Waals surface area contributed by atoms with E-state index < -0.39 is 17.5 Å². The summed E-state index contributed by atoms with van der Waals surface area (Å²) >= 11 is 0. The Balaban J connectivity index is 2.62. The van der Waals surface area contributed by atoms with Gasteiger partial charge in [-0.05, 0) is 12.1 Å². The third-order valence-corrected chi connectivity index (χ3v) is 2.24. The summed E-state index contributed by atoms with van der Waals surface area (Å²) in [6.07, 6.45) is 0. The van der Waals surface area contributed by atoms with E-state index in [0.717, 1.165) is 12.1 Å². The molecule has 2 rings (SSSR count). The van der Waals surface area contributed by atoms with Crippen molar-refractivity contribution in [2.24, 2.45) is 0 Å². The standard InChI is InChI=1S/C11H8F3N3O/c1-18-8-4-7(16-11(15)17-8)5-2-3-6(12)10(14)9(5)13/h2-4H,1H3,(H2,15,16,17). The summed E-state index contributed by atoms with van der Waals surface area (Å²) in [7, 11) is 1.34. The van der Waals surface area contributed by atoms with E-state index in [1.54, 1.807) is 0 Å². The zero-order chi connectivity index (χ0) is 13.3. The van der Waals surface area contributed by atoms with Crippen molar-refractivity contribution < 1.29 is 17.9 Å². The Labute approximate surface area is 100 Å². The summed E-state index contributed by atoms with van der Waals surface area (Å²) in [5, 5.41) is 0. The smallest absolute Gasteiger partial charge is 0.223 e. The molecule has 2 N–H and O–H groups in total. The van der Waals surface area contributed by atoms with Crippen LogP contribution in [0.15, 0.2) is 18.2 Å². The number of halogens is 3. The van der Waals surface area contributed by atoms with Crippen LogP contribution >= 0.6 is 0 Å². The first-order valence-electron chi connectivity index (χ1n) is 4.85. The molecule has 18 heavy (non-hydrogen) atoms. The molecular formula is C11H8F3N3O. The highest BCUT2D eigenvalue weighted by Gasteiger charge is 2.16. The summed E-state index contributed by atoms with van der Waals surface area (Å²) in [4.78, 5) is 7.44. The Morgan fingerprint density at radius 2 is 1.83 bits per heavy atom. The van der Waals surface area contributed by atoms with Gasteiger partial charge in [-0.2, -0.15) is 4.98 Å². The van der Waals surface area contributed by atoms with Gasteiger partial charge in [-0.3, -0.25) is 0 Å². The topological polar surface area (TPSA) is 61.0 Å². The van der Waals surface area contributed by atoms with Crippen molar-refractivity contribution in [2.45, 2.75) is 0 Å². The SMILES string of the molecule is COc1cc(-c2ccc(F)c(F)c2F)nc(N)n1. The highest BCUT2D eigenvalue weighted by Crippen LogP contribution is 2.26. The fourth-order valence-electron chi connectivity index (χ4n) is 1.41. The molecule has 0 amide bonds. The number of hydrogen-bond donors (Lipinski definition) is 1. The lowest BCUT2D eigenvalue weighted by atomic mass is 10.1. The van der Waals surface area contributed by atoms with Gasteiger partial charge >= 0.3 is 0 Å². The lowest BCUT2D eigenvalue weighted by Gasteiger charge is -2.06. The van der Waals surface area contributed by atoms with Crippen LogP contribution in [0.2, 0.25) is 0 Å². The van der Waals surface area contributed by atoms with Crippen molar-refractivity contribution in [3.05, 3.63) is 35.7 Å². The van der Waals surface area contributed by atoms with Crippen LogP contribution in [0.25, 0.3) is 11.3 Å². The van der Waals surface area contributed by atoms with Crippen molar-refractivity contribution in [1.29, 1.82) is 0 Å². The first-order chi connectivity index (χ1) is 8.52. The van der Waals surface area contributed by atoms with Crippen molar-refractivity contribution in [3.8, 4) is 17.1 Å². The van der Waals surface area contributed by atoms with Crippen LogP contribution in [0.4, 0.5) is 19.1 Å². The number of anilines is 1. The zero-order valence-corrected chi connectivity index (χ0v) is 9.25. The highest BCUT2D eigenvalue weighted by atomic mass is 19.2. The summed E-state index contributed by atoms with van der Waals surface area (Å²) in [5.41, 5.74) is 5.19. The van der Waals surface area contributed by atoms with E-state index in [2.05, 4.69) is 9.97 Å². The van der Waals surface area contributed by atoms with Gasteiger partial charge in [0.1, 0.15) is 0 Å². The lowest BCUT2D eigenvalue weighted by Crippen LogP contribution is -2.01. The number of nitrogens with zero attached hydrogens (tertiary/aromatic N) is 2. The van der Waals surface area contributed by atoms with Crippen LogP contribution in [-0.2, 0) is 0 Å². The molecule has 0 saturated heterocycles. The Hall–Kier alpha value is -2.31.